The molecule has 1 fully saturated rings. The summed E-state index contributed by atoms with van der Waals surface area (Å²) >= 11 is 0. The molecular weight excluding hydrogens is 234 g/mol. The highest BCUT2D eigenvalue weighted by Crippen LogP contribution is 2.33. The molecular formula is C17H25NO. The van der Waals surface area contributed by atoms with Gasteiger partial charge in [-0.15, -0.1) is 0 Å². The van der Waals surface area contributed by atoms with Gasteiger partial charge in [-0.2, -0.15) is 0 Å². The molecule has 0 N–H and O–H groups in total. The first-order valence-electron chi connectivity index (χ1n) is 7.67. The van der Waals surface area contributed by atoms with Crippen LogP contribution < -0.4 is 0 Å². The summed E-state index contributed by atoms with van der Waals surface area (Å²) in [5.41, 5.74) is 1.90. The first-order chi connectivity index (χ1) is 9.22. The van der Waals surface area contributed by atoms with Crippen molar-refractivity contribution in [1.82, 2.24) is 4.98 Å². The molecule has 0 atom stereocenters. The molecule has 1 aromatic rings. The Bertz CT molecular complexity index is 419. The summed E-state index contributed by atoms with van der Waals surface area (Å²) in [6.07, 6.45) is 12.1. The Morgan fingerprint density at radius 1 is 1.32 bits per heavy atom. The van der Waals surface area contributed by atoms with E-state index in [0.29, 0.717) is 5.78 Å². The zero-order chi connectivity index (χ0) is 13.7. The lowest BCUT2D eigenvalue weighted by molar-refractivity contribution is 0.0868. The molecule has 0 amide bonds. The summed E-state index contributed by atoms with van der Waals surface area (Å²) in [5, 5.41) is 0. The third kappa shape index (κ3) is 3.65. The number of pyridine rings is 1. The zero-order valence-corrected chi connectivity index (χ0v) is 12.2. The molecule has 2 rings (SSSR count). The summed E-state index contributed by atoms with van der Waals surface area (Å²) in [6, 6.07) is 1.93. The molecule has 2 nitrogen and oxygen atoms in total. The standard InChI is InChI=1S/C17H25NO/c1-3-4-5-14-6-8-15(9-7-14)17(19)16-12-18-11-10-13(16)2/h10-12,14-15H,3-9H2,1-2H3. The van der Waals surface area contributed by atoms with Crippen molar-refractivity contribution >= 4 is 5.78 Å². The van der Waals surface area contributed by atoms with Crippen molar-refractivity contribution in [3.05, 3.63) is 29.6 Å². The Balaban J connectivity index is 1.91. The maximum Gasteiger partial charge on any atom is 0.167 e. The summed E-state index contributed by atoms with van der Waals surface area (Å²) in [4.78, 5) is 16.6. The molecule has 0 bridgehead atoms. The molecule has 19 heavy (non-hydrogen) atoms. The number of hydrogen-bond donors (Lipinski definition) is 0. The Morgan fingerprint density at radius 2 is 2.05 bits per heavy atom. The maximum atomic E-state index is 12.5. The SMILES string of the molecule is CCCCC1CCC(C(=O)c2cnccc2C)CC1. The van der Waals surface area contributed by atoms with E-state index in [2.05, 4.69) is 11.9 Å². The summed E-state index contributed by atoms with van der Waals surface area (Å²) in [7, 11) is 0. The van der Waals surface area contributed by atoms with Crippen molar-refractivity contribution in [3.8, 4) is 0 Å². The van der Waals surface area contributed by atoms with Crippen molar-refractivity contribution in [2.45, 2.75) is 58.8 Å². The minimum atomic E-state index is 0.237. The molecule has 1 aliphatic carbocycles. The lowest BCUT2D eigenvalue weighted by Crippen LogP contribution is -2.22. The first kappa shape index (κ1) is 14.2. The van der Waals surface area contributed by atoms with E-state index < -0.39 is 0 Å². The second-order valence-corrected chi connectivity index (χ2v) is 5.91. The average molecular weight is 259 g/mol. The van der Waals surface area contributed by atoms with Crippen LogP contribution in [0.1, 0.15) is 67.8 Å². The van der Waals surface area contributed by atoms with E-state index in [4.69, 9.17) is 0 Å². The third-order valence-corrected chi connectivity index (χ3v) is 4.49. The molecule has 2 heteroatoms. The van der Waals surface area contributed by atoms with Crippen molar-refractivity contribution in [3.63, 3.8) is 0 Å². The first-order valence-corrected chi connectivity index (χ1v) is 7.67. The van der Waals surface area contributed by atoms with Crippen molar-refractivity contribution in [1.29, 1.82) is 0 Å². The minimum absolute atomic E-state index is 0.237. The number of nitrogens with zero attached hydrogens (tertiary/aromatic N) is 1. The van der Waals surface area contributed by atoms with Crippen LogP contribution in [0, 0.1) is 18.8 Å². The zero-order valence-electron chi connectivity index (χ0n) is 12.2. The van der Waals surface area contributed by atoms with E-state index in [9.17, 15) is 4.79 Å². The molecule has 104 valence electrons. The number of carbonyl (C=O) groups is 1. The lowest BCUT2D eigenvalue weighted by Gasteiger charge is -2.27. The highest BCUT2D eigenvalue weighted by molar-refractivity contribution is 5.98. The Morgan fingerprint density at radius 3 is 2.68 bits per heavy atom. The van der Waals surface area contributed by atoms with Crippen LogP contribution in [0.25, 0.3) is 0 Å². The fraction of sp³-hybridized carbons (Fsp3) is 0.647. The molecule has 1 aromatic heterocycles. The van der Waals surface area contributed by atoms with Gasteiger partial charge in [0.1, 0.15) is 0 Å². The summed E-state index contributed by atoms with van der Waals surface area (Å²) in [6.45, 7) is 4.25. The van der Waals surface area contributed by atoms with Crippen LogP contribution in [-0.4, -0.2) is 10.8 Å². The molecule has 0 spiro atoms. The van der Waals surface area contributed by atoms with Gasteiger partial charge < -0.3 is 0 Å². The Hall–Kier alpha value is -1.18. The van der Waals surface area contributed by atoms with Crippen LogP contribution >= 0.6 is 0 Å². The van der Waals surface area contributed by atoms with Crippen LogP contribution in [0.2, 0.25) is 0 Å². The maximum absolute atomic E-state index is 12.5. The average Bonchev–Trinajstić information content (AvgIpc) is 2.45. The van der Waals surface area contributed by atoms with Gasteiger partial charge in [0.2, 0.25) is 0 Å². The summed E-state index contributed by atoms with van der Waals surface area (Å²) < 4.78 is 0. The number of aromatic nitrogens is 1. The fourth-order valence-electron chi connectivity index (χ4n) is 3.15. The normalized spacial score (nSPS) is 23.3. The highest BCUT2D eigenvalue weighted by atomic mass is 16.1. The molecule has 0 unspecified atom stereocenters. The van der Waals surface area contributed by atoms with Crippen LogP contribution in [0.4, 0.5) is 0 Å². The van der Waals surface area contributed by atoms with E-state index in [0.717, 1.165) is 29.9 Å². The quantitative estimate of drug-likeness (QED) is 0.725. The van der Waals surface area contributed by atoms with Gasteiger partial charge in [0, 0.05) is 23.9 Å². The van der Waals surface area contributed by atoms with Gasteiger partial charge in [-0.3, -0.25) is 9.78 Å². The van der Waals surface area contributed by atoms with E-state index >= 15 is 0 Å². The Labute approximate surface area is 116 Å². The highest BCUT2D eigenvalue weighted by Gasteiger charge is 2.27. The number of hydrogen-bond acceptors (Lipinski definition) is 2. The molecule has 1 aliphatic rings. The van der Waals surface area contributed by atoms with E-state index in [1.54, 1.807) is 12.4 Å². The number of Topliss-reactive ketones (excluding diaryl/α,β-unsaturated/α-hetero) is 1. The van der Waals surface area contributed by atoms with Crippen molar-refractivity contribution < 1.29 is 4.79 Å². The van der Waals surface area contributed by atoms with E-state index in [-0.39, 0.29) is 5.92 Å². The third-order valence-electron chi connectivity index (χ3n) is 4.49. The molecule has 0 saturated heterocycles. The smallest absolute Gasteiger partial charge is 0.167 e. The van der Waals surface area contributed by atoms with E-state index in [1.807, 2.05) is 13.0 Å². The van der Waals surface area contributed by atoms with Crippen LogP contribution in [0.5, 0.6) is 0 Å². The fourth-order valence-corrected chi connectivity index (χ4v) is 3.15. The molecule has 0 radical (unpaired) electrons. The van der Waals surface area contributed by atoms with Crippen LogP contribution in [0.15, 0.2) is 18.5 Å². The van der Waals surface area contributed by atoms with Gasteiger partial charge in [-0.1, -0.05) is 26.2 Å². The van der Waals surface area contributed by atoms with Gasteiger partial charge in [-0.05, 0) is 50.2 Å². The van der Waals surface area contributed by atoms with Crippen molar-refractivity contribution in [2.24, 2.45) is 11.8 Å². The largest absolute Gasteiger partial charge is 0.294 e. The van der Waals surface area contributed by atoms with Gasteiger partial charge in [-0.25, -0.2) is 0 Å². The van der Waals surface area contributed by atoms with Gasteiger partial charge in [0.15, 0.2) is 5.78 Å². The minimum Gasteiger partial charge on any atom is -0.294 e. The van der Waals surface area contributed by atoms with Gasteiger partial charge >= 0.3 is 0 Å². The lowest BCUT2D eigenvalue weighted by atomic mass is 9.77. The second-order valence-electron chi connectivity index (χ2n) is 5.91. The van der Waals surface area contributed by atoms with E-state index in [1.165, 1.54) is 32.1 Å². The number of carbonyl (C=O) groups excluding carboxylic acids is 1. The monoisotopic (exact) mass is 259 g/mol. The molecule has 1 saturated carbocycles. The number of rotatable bonds is 5. The molecule has 0 aromatic carbocycles. The number of ketones is 1. The Kier molecular flexibility index (Phi) is 5.12. The summed E-state index contributed by atoms with van der Waals surface area (Å²) in [5.74, 6) is 1.42. The van der Waals surface area contributed by atoms with Gasteiger partial charge in [0.05, 0.1) is 0 Å². The molecule has 0 aliphatic heterocycles. The number of unbranched alkanes of at least 4 members (excludes halogenated alkanes) is 1. The predicted molar refractivity (Wildman–Crippen MR) is 78.3 cm³/mol. The number of aryl methyl sites for hydroxylation is 1. The van der Waals surface area contributed by atoms with Crippen LogP contribution in [-0.2, 0) is 0 Å². The van der Waals surface area contributed by atoms with Crippen LogP contribution in [0.3, 0.4) is 0 Å². The van der Waals surface area contributed by atoms with Gasteiger partial charge in [0.25, 0.3) is 0 Å². The second kappa shape index (κ2) is 6.83. The molecule has 1 heterocycles. The van der Waals surface area contributed by atoms with Crippen molar-refractivity contribution in [2.75, 3.05) is 0 Å². The topological polar surface area (TPSA) is 30.0 Å². The predicted octanol–water partition coefficient (Wildman–Crippen LogP) is 4.57.